The van der Waals surface area contributed by atoms with Gasteiger partial charge < -0.3 is 11.1 Å². The van der Waals surface area contributed by atoms with Crippen LogP contribution in [-0.2, 0) is 0 Å². The summed E-state index contributed by atoms with van der Waals surface area (Å²) in [6.45, 7) is 1.47. The zero-order valence-corrected chi connectivity index (χ0v) is 11.3. The largest absolute Gasteiger partial charge is 0.398 e. The Morgan fingerprint density at radius 1 is 1.25 bits per heavy atom. The standard InChI is InChI=1S/C14H11ClF2N2O/c1-7-2-5-10(16)13(12(7)17)19-14(20)9-4-3-8(15)6-11(9)18/h2-6H,18H2,1H3,(H,19,20). The van der Waals surface area contributed by atoms with Crippen molar-refractivity contribution in [2.45, 2.75) is 6.92 Å². The number of nitrogens with one attached hydrogen (secondary N) is 1. The molecular weight excluding hydrogens is 286 g/mol. The Balaban J connectivity index is 2.35. The fraction of sp³-hybridized carbons (Fsp3) is 0.0714. The first-order chi connectivity index (χ1) is 9.40. The smallest absolute Gasteiger partial charge is 0.257 e. The fourth-order valence-electron chi connectivity index (χ4n) is 1.69. The highest BCUT2D eigenvalue weighted by atomic mass is 35.5. The van der Waals surface area contributed by atoms with Crippen LogP contribution < -0.4 is 11.1 Å². The molecule has 0 aliphatic carbocycles. The van der Waals surface area contributed by atoms with E-state index < -0.39 is 23.2 Å². The summed E-state index contributed by atoms with van der Waals surface area (Å²) in [4.78, 5) is 12.0. The Morgan fingerprint density at radius 3 is 2.60 bits per heavy atom. The summed E-state index contributed by atoms with van der Waals surface area (Å²) in [7, 11) is 0. The molecule has 0 aliphatic rings. The summed E-state index contributed by atoms with van der Waals surface area (Å²) in [5.41, 5.74) is 5.60. The zero-order chi connectivity index (χ0) is 14.9. The first-order valence-corrected chi connectivity index (χ1v) is 6.09. The number of aryl methyl sites for hydroxylation is 1. The van der Waals surface area contributed by atoms with Crippen LogP contribution in [0.1, 0.15) is 15.9 Å². The van der Waals surface area contributed by atoms with Gasteiger partial charge in [-0.2, -0.15) is 0 Å². The molecular formula is C14H11ClF2N2O. The van der Waals surface area contributed by atoms with Gasteiger partial charge in [-0.05, 0) is 36.8 Å². The monoisotopic (exact) mass is 296 g/mol. The number of amides is 1. The number of anilines is 2. The van der Waals surface area contributed by atoms with Crippen LogP contribution in [0.25, 0.3) is 0 Å². The molecule has 0 bridgehead atoms. The van der Waals surface area contributed by atoms with Crippen LogP contribution >= 0.6 is 11.6 Å². The summed E-state index contributed by atoms with van der Waals surface area (Å²) < 4.78 is 27.4. The molecule has 20 heavy (non-hydrogen) atoms. The van der Waals surface area contributed by atoms with E-state index in [1.54, 1.807) is 0 Å². The molecule has 0 aliphatic heterocycles. The van der Waals surface area contributed by atoms with Crippen LogP contribution in [0.4, 0.5) is 20.2 Å². The van der Waals surface area contributed by atoms with E-state index in [0.29, 0.717) is 5.02 Å². The van der Waals surface area contributed by atoms with Gasteiger partial charge in [-0.1, -0.05) is 17.7 Å². The maximum atomic E-state index is 13.8. The number of carbonyl (C=O) groups excluding carboxylic acids is 1. The van der Waals surface area contributed by atoms with Gasteiger partial charge in [0.2, 0.25) is 0 Å². The maximum absolute atomic E-state index is 13.8. The SMILES string of the molecule is Cc1ccc(F)c(NC(=O)c2ccc(Cl)cc2N)c1F. The van der Waals surface area contributed by atoms with E-state index in [-0.39, 0.29) is 16.8 Å². The molecule has 6 heteroatoms. The first-order valence-electron chi connectivity index (χ1n) is 5.71. The molecule has 2 rings (SSSR count). The van der Waals surface area contributed by atoms with Crippen molar-refractivity contribution in [1.82, 2.24) is 0 Å². The van der Waals surface area contributed by atoms with Crippen molar-refractivity contribution < 1.29 is 13.6 Å². The lowest BCUT2D eigenvalue weighted by atomic mass is 10.1. The number of hydrogen-bond donors (Lipinski definition) is 2. The molecule has 3 nitrogen and oxygen atoms in total. The molecule has 0 atom stereocenters. The van der Waals surface area contributed by atoms with Crippen molar-refractivity contribution in [3.05, 3.63) is 58.1 Å². The number of nitrogens with two attached hydrogens (primary N) is 1. The third kappa shape index (κ3) is 2.72. The molecule has 2 aromatic rings. The van der Waals surface area contributed by atoms with E-state index in [0.717, 1.165) is 6.07 Å². The van der Waals surface area contributed by atoms with E-state index in [1.165, 1.54) is 31.2 Å². The van der Waals surface area contributed by atoms with Gasteiger partial charge in [0.25, 0.3) is 5.91 Å². The van der Waals surface area contributed by atoms with E-state index >= 15 is 0 Å². The topological polar surface area (TPSA) is 55.1 Å². The Kier molecular flexibility index (Phi) is 3.90. The lowest BCUT2D eigenvalue weighted by Crippen LogP contribution is -2.16. The Labute approximate surface area is 119 Å². The molecule has 104 valence electrons. The minimum absolute atomic E-state index is 0.0923. The lowest BCUT2D eigenvalue weighted by Gasteiger charge is -2.10. The van der Waals surface area contributed by atoms with Crippen molar-refractivity contribution in [3.8, 4) is 0 Å². The molecule has 0 unspecified atom stereocenters. The Hall–Kier alpha value is -2.14. The average molecular weight is 297 g/mol. The maximum Gasteiger partial charge on any atom is 0.257 e. The summed E-state index contributed by atoms with van der Waals surface area (Å²) in [5, 5.41) is 2.55. The second-order valence-electron chi connectivity index (χ2n) is 4.24. The number of nitrogen functional groups attached to an aromatic ring is 1. The third-order valence-electron chi connectivity index (χ3n) is 2.78. The molecule has 0 saturated carbocycles. The minimum Gasteiger partial charge on any atom is -0.398 e. The van der Waals surface area contributed by atoms with Crippen molar-refractivity contribution in [3.63, 3.8) is 0 Å². The van der Waals surface area contributed by atoms with Gasteiger partial charge in [0.05, 0.1) is 5.56 Å². The number of benzene rings is 2. The molecule has 0 aromatic heterocycles. The van der Waals surface area contributed by atoms with Crippen molar-refractivity contribution in [1.29, 1.82) is 0 Å². The quantitative estimate of drug-likeness (QED) is 0.829. The van der Waals surface area contributed by atoms with Gasteiger partial charge >= 0.3 is 0 Å². The van der Waals surface area contributed by atoms with Gasteiger partial charge in [0, 0.05) is 10.7 Å². The summed E-state index contributed by atoms with van der Waals surface area (Å²) in [6.07, 6.45) is 0. The number of hydrogen-bond acceptors (Lipinski definition) is 2. The van der Waals surface area contributed by atoms with Gasteiger partial charge in [0.1, 0.15) is 11.5 Å². The summed E-state index contributed by atoms with van der Waals surface area (Å²) >= 11 is 5.72. The lowest BCUT2D eigenvalue weighted by molar-refractivity contribution is 0.102. The van der Waals surface area contributed by atoms with Gasteiger partial charge in [-0.3, -0.25) is 4.79 Å². The molecule has 0 spiro atoms. The number of rotatable bonds is 2. The summed E-state index contributed by atoms with van der Waals surface area (Å²) in [6, 6.07) is 6.62. The molecule has 0 saturated heterocycles. The second-order valence-corrected chi connectivity index (χ2v) is 4.68. The highest BCUT2D eigenvalue weighted by Gasteiger charge is 2.17. The molecule has 0 fully saturated rings. The van der Waals surface area contributed by atoms with Crippen LogP contribution in [-0.4, -0.2) is 5.91 Å². The Bertz CT molecular complexity index is 689. The van der Waals surface area contributed by atoms with Gasteiger partial charge in [-0.15, -0.1) is 0 Å². The third-order valence-corrected chi connectivity index (χ3v) is 3.02. The first kappa shape index (κ1) is 14.3. The van der Waals surface area contributed by atoms with Crippen LogP contribution in [0.3, 0.4) is 0 Å². The van der Waals surface area contributed by atoms with Crippen LogP contribution in [0.15, 0.2) is 30.3 Å². The van der Waals surface area contributed by atoms with E-state index in [4.69, 9.17) is 17.3 Å². The molecule has 2 aromatic carbocycles. The number of carbonyl (C=O) groups is 1. The molecule has 3 N–H and O–H groups in total. The fourth-order valence-corrected chi connectivity index (χ4v) is 1.87. The minimum atomic E-state index is -0.853. The van der Waals surface area contributed by atoms with E-state index in [1.807, 2.05) is 0 Å². The highest BCUT2D eigenvalue weighted by Crippen LogP contribution is 2.24. The van der Waals surface area contributed by atoms with Gasteiger partial charge in [-0.25, -0.2) is 8.78 Å². The van der Waals surface area contributed by atoms with Crippen molar-refractivity contribution in [2.24, 2.45) is 0 Å². The zero-order valence-electron chi connectivity index (χ0n) is 10.5. The second kappa shape index (κ2) is 5.46. The van der Waals surface area contributed by atoms with Crippen LogP contribution in [0.5, 0.6) is 0 Å². The predicted octanol–water partition coefficient (Wildman–Crippen LogP) is 3.76. The van der Waals surface area contributed by atoms with Crippen molar-refractivity contribution >= 4 is 28.9 Å². The van der Waals surface area contributed by atoms with Crippen molar-refractivity contribution in [2.75, 3.05) is 11.1 Å². The highest BCUT2D eigenvalue weighted by molar-refractivity contribution is 6.31. The average Bonchev–Trinajstić information content (AvgIpc) is 2.39. The summed E-state index contributed by atoms with van der Waals surface area (Å²) in [5.74, 6) is -2.37. The molecule has 0 radical (unpaired) electrons. The van der Waals surface area contributed by atoms with E-state index in [9.17, 15) is 13.6 Å². The van der Waals surface area contributed by atoms with Gasteiger partial charge in [0.15, 0.2) is 5.82 Å². The Morgan fingerprint density at radius 2 is 1.95 bits per heavy atom. The number of halogens is 3. The predicted molar refractivity (Wildman–Crippen MR) is 74.9 cm³/mol. The van der Waals surface area contributed by atoms with Crippen LogP contribution in [0, 0.1) is 18.6 Å². The molecule has 0 heterocycles. The van der Waals surface area contributed by atoms with E-state index in [2.05, 4.69) is 5.32 Å². The van der Waals surface area contributed by atoms with Crippen LogP contribution in [0.2, 0.25) is 5.02 Å². The molecule has 1 amide bonds. The normalized spacial score (nSPS) is 10.4.